The van der Waals surface area contributed by atoms with Gasteiger partial charge in [-0.15, -0.1) is 0 Å². The molecule has 2 aliphatic carbocycles. The zero-order valence-corrected chi connectivity index (χ0v) is 13.8. The van der Waals surface area contributed by atoms with Gasteiger partial charge in [0.1, 0.15) is 5.60 Å². The molecule has 0 aromatic heterocycles. The number of ether oxygens (including phenoxy) is 1. The highest BCUT2D eigenvalue weighted by atomic mass is 16.6. The smallest absolute Gasteiger partial charge is 0.410 e. The van der Waals surface area contributed by atoms with Crippen LogP contribution in [0.2, 0.25) is 0 Å². The zero-order valence-electron chi connectivity index (χ0n) is 13.8. The minimum Gasteiger partial charge on any atom is -0.444 e. The number of nitriles is 1. The fraction of sp³-hybridized carbons (Fsp3) is 0.882. The molecule has 0 aliphatic heterocycles. The summed E-state index contributed by atoms with van der Waals surface area (Å²) in [4.78, 5) is 14.3. The average Bonchev–Trinajstić information content (AvgIpc) is 2.36. The summed E-state index contributed by atoms with van der Waals surface area (Å²) >= 11 is 0. The van der Waals surface area contributed by atoms with Crippen molar-refractivity contribution in [1.29, 1.82) is 5.26 Å². The van der Waals surface area contributed by atoms with Crippen molar-refractivity contribution < 1.29 is 9.53 Å². The van der Waals surface area contributed by atoms with E-state index in [-0.39, 0.29) is 17.6 Å². The lowest BCUT2D eigenvalue weighted by Crippen LogP contribution is -2.60. The Balaban J connectivity index is 2.04. The van der Waals surface area contributed by atoms with Gasteiger partial charge in [0.2, 0.25) is 0 Å². The van der Waals surface area contributed by atoms with Crippen LogP contribution in [0.5, 0.6) is 0 Å². The summed E-state index contributed by atoms with van der Waals surface area (Å²) in [6.07, 6.45) is 7.21. The van der Waals surface area contributed by atoms with Crippen LogP contribution in [0.4, 0.5) is 4.79 Å². The van der Waals surface area contributed by atoms with Crippen LogP contribution in [0.3, 0.4) is 0 Å². The van der Waals surface area contributed by atoms with Crippen molar-refractivity contribution in [3.8, 4) is 6.07 Å². The van der Waals surface area contributed by atoms with Crippen molar-refractivity contribution in [2.45, 2.75) is 76.9 Å². The maximum absolute atomic E-state index is 12.4. The molecule has 0 heterocycles. The van der Waals surface area contributed by atoms with E-state index in [0.717, 1.165) is 38.5 Å². The molecule has 0 bridgehead atoms. The largest absolute Gasteiger partial charge is 0.444 e. The number of amides is 1. The van der Waals surface area contributed by atoms with Crippen LogP contribution in [0, 0.1) is 23.2 Å². The van der Waals surface area contributed by atoms with Gasteiger partial charge in [-0.1, -0.05) is 0 Å². The van der Waals surface area contributed by atoms with Gasteiger partial charge in [0.05, 0.1) is 6.07 Å². The number of nitrogens with zero attached hydrogens (tertiary/aromatic N) is 2. The normalized spacial score (nSPS) is 28.1. The van der Waals surface area contributed by atoms with Crippen LogP contribution in [-0.2, 0) is 4.74 Å². The third-order valence-corrected chi connectivity index (χ3v) is 5.22. The molecule has 0 aromatic carbocycles. The van der Waals surface area contributed by atoms with Crippen molar-refractivity contribution in [3.05, 3.63) is 0 Å². The highest BCUT2D eigenvalue weighted by Gasteiger charge is 2.50. The predicted molar refractivity (Wildman–Crippen MR) is 81.6 cm³/mol. The van der Waals surface area contributed by atoms with Crippen LogP contribution in [0.1, 0.15) is 65.7 Å². The first-order valence-electron chi connectivity index (χ1n) is 8.15. The van der Waals surface area contributed by atoms with Gasteiger partial charge in [-0.3, -0.25) is 0 Å². The molecular weight excluding hydrogens is 264 g/mol. The fourth-order valence-electron chi connectivity index (χ4n) is 3.83. The van der Waals surface area contributed by atoms with Gasteiger partial charge in [0, 0.05) is 18.5 Å². The predicted octanol–water partition coefficient (Wildman–Crippen LogP) is 4.11. The summed E-state index contributed by atoms with van der Waals surface area (Å²) in [5.41, 5.74) is -0.475. The van der Waals surface area contributed by atoms with Gasteiger partial charge in [0.25, 0.3) is 0 Å². The number of carbonyl (C=O) groups is 1. The number of hydrogen-bond acceptors (Lipinski definition) is 3. The lowest BCUT2D eigenvalue weighted by molar-refractivity contribution is -0.0503. The maximum Gasteiger partial charge on any atom is 0.410 e. The van der Waals surface area contributed by atoms with E-state index in [1.54, 1.807) is 0 Å². The van der Waals surface area contributed by atoms with Crippen molar-refractivity contribution in [2.75, 3.05) is 7.05 Å². The van der Waals surface area contributed by atoms with E-state index in [1.807, 2.05) is 32.7 Å². The summed E-state index contributed by atoms with van der Waals surface area (Å²) in [6.45, 7) is 5.72. The Hall–Kier alpha value is -1.24. The first kappa shape index (κ1) is 16.1. The minimum atomic E-state index is -0.450. The van der Waals surface area contributed by atoms with E-state index in [4.69, 9.17) is 10.00 Å². The molecule has 0 unspecified atom stereocenters. The van der Waals surface area contributed by atoms with Crippen LogP contribution in [0.25, 0.3) is 0 Å². The van der Waals surface area contributed by atoms with E-state index in [0.29, 0.717) is 5.92 Å². The van der Waals surface area contributed by atoms with E-state index < -0.39 is 5.60 Å². The van der Waals surface area contributed by atoms with Crippen molar-refractivity contribution in [2.24, 2.45) is 11.8 Å². The number of rotatable bonds is 2. The molecule has 118 valence electrons. The van der Waals surface area contributed by atoms with Crippen LogP contribution in [0.15, 0.2) is 0 Å². The Kier molecular flexibility index (Phi) is 4.51. The van der Waals surface area contributed by atoms with E-state index in [9.17, 15) is 4.79 Å². The Morgan fingerprint density at radius 3 is 2.19 bits per heavy atom. The van der Waals surface area contributed by atoms with E-state index in [2.05, 4.69) is 6.07 Å². The molecule has 2 saturated carbocycles. The molecular formula is C17H28N2O2. The summed E-state index contributed by atoms with van der Waals surface area (Å²) in [6, 6.07) is 2.39. The second-order valence-electron chi connectivity index (χ2n) is 7.67. The molecule has 0 aromatic rings. The fourth-order valence-corrected chi connectivity index (χ4v) is 3.83. The quantitative estimate of drug-likeness (QED) is 0.769. The average molecular weight is 292 g/mol. The minimum absolute atomic E-state index is 0.0250. The van der Waals surface area contributed by atoms with Gasteiger partial charge in [-0.2, -0.15) is 5.26 Å². The molecule has 0 spiro atoms. The zero-order chi connectivity index (χ0) is 15.7. The Bertz CT molecular complexity index is 421. The SMILES string of the molecule is CN(C(=O)OC(C)(C)C)C1(C2CCC(C#N)CC2)CCC1. The Morgan fingerprint density at radius 1 is 1.24 bits per heavy atom. The van der Waals surface area contributed by atoms with E-state index >= 15 is 0 Å². The molecule has 0 N–H and O–H groups in total. The molecule has 2 aliphatic rings. The molecule has 4 nitrogen and oxygen atoms in total. The second-order valence-corrected chi connectivity index (χ2v) is 7.67. The molecule has 0 saturated heterocycles. The number of carbonyl (C=O) groups excluding carboxylic acids is 1. The maximum atomic E-state index is 12.4. The molecule has 1 amide bonds. The Labute approximate surface area is 128 Å². The summed E-state index contributed by atoms with van der Waals surface area (Å²) < 4.78 is 5.55. The molecule has 0 radical (unpaired) electrons. The van der Waals surface area contributed by atoms with E-state index in [1.165, 1.54) is 6.42 Å². The van der Waals surface area contributed by atoms with Crippen molar-refractivity contribution in [1.82, 2.24) is 4.90 Å². The Morgan fingerprint density at radius 2 is 1.81 bits per heavy atom. The molecule has 2 fully saturated rings. The van der Waals surface area contributed by atoms with Gasteiger partial charge < -0.3 is 9.64 Å². The lowest BCUT2D eigenvalue weighted by Gasteiger charge is -2.54. The van der Waals surface area contributed by atoms with Crippen LogP contribution >= 0.6 is 0 Å². The lowest BCUT2D eigenvalue weighted by atomic mass is 9.62. The number of hydrogen-bond donors (Lipinski definition) is 0. The van der Waals surface area contributed by atoms with Crippen LogP contribution in [-0.4, -0.2) is 29.2 Å². The molecule has 4 heteroatoms. The van der Waals surface area contributed by atoms with Crippen molar-refractivity contribution in [3.63, 3.8) is 0 Å². The third kappa shape index (κ3) is 3.33. The molecule has 2 rings (SSSR count). The van der Waals surface area contributed by atoms with Gasteiger partial charge >= 0.3 is 6.09 Å². The van der Waals surface area contributed by atoms with Crippen molar-refractivity contribution >= 4 is 6.09 Å². The van der Waals surface area contributed by atoms with Crippen LogP contribution < -0.4 is 0 Å². The standard InChI is InChI=1S/C17H28N2O2/c1-16(2,3)21-15(20)19(4)17(10-5-11-17)14-8-6-13(12-18)7-9-14/h13-14H,5-11H2,1-4H3. The topological polar surface area (TPSA) is 53.3 Å². The van der Waals surface area contributed by atoms with Gasteiger partial charge in [0.15, 0.2) is 0 Å². The summed E-state index contributed by atoms with van der Waals surface area (Å²) in [5.74, 6) is 0.735. The monoisotopic (exact) mass is 292 g/mol. The van der Waals surface area contributed by atoms with Gasteiger partial charge in [-0.05, 0) is 71.6 Å². The molecule has 0 atom stereocenters. The highest BCUT2D eigenvalue weighted by Crippen LogP contribution is 2.49. The first-order chi connectivity index (χ1) is 9.78. The summed E-state index contributed by atoms with van der Waals surface area (Å²) in [7, 11) is 1.89. The third-order valence-electron chi connectivity index (χ3n) is 5.22. The van der Waals surface area contributed by atoms with Gasteiger partial charge in [-0.25, -0.2) is 4.79 Å². The second kappa shape index (κ2) is 5.87. The highest BCUT2D eigenvalue weighted by molar-refractivity contribution is 5.69. The first-order valence-corrected chi connectivity index (χ1v) is 8.15. The summed E-state index contributed by atoms with van der Waals surface area (Å²) in [5, 5.41) is 9.04. The molecule has 21 heavy (non-hydrogen) atoms.